The van der Waals surface area contributed by atoms with Crippen molar-refractivity contribution < 1.29 is 4.42 Å². The van der Waals surface area contributed by atoms with Gasteiger partial charge in [-0.1, -0.05) is 0 Å². The Morgan fingerprint density at radius 1 is 1.27 bits per heavy atom. The lowest BCUT2D eigenvalue weighted by Gasteiger charge is -2.01. The second-order valence-corrected chi connectivity index (χ2v) is 3.46. The highest BCUT2D eigenvalue weighted by molar-refractivity contribution is 7.99. The minimum Gasteiger partial charge on any atom is -0.440 e. The average molecular weight is 221 g/mol. The normalized spacial score (nSPS) is 10.1. The Balaban J connectivity index is 2.32. The van der Waals surface area contributed by atoms with E-state index in [1.807, 2.05) is 0 Å². The van der Waals surface area contributed by atoms with Crippen molar-refractivity contribution in [1.29, 1.82) is 5.41 Å². The summed E-state index contributed by atoms with van der Waals surface area (Å²) in [6.45, 7) is 0. The van der Waals surface area contributed by atoms with Gasteiger partial charge in [-0.25, -0.2) is 15.0 Å². The molecule has 0 amide bonds. The largest absolute Gasteiger partial charge is 0.440 e. The molecule has 0 aliphatic rings. The molecule has 0 atom stereocenters. The highest BCUT2D eigenvalue weighted by Gasteiger charge is 2.11. The van der Waals surface area contributed by atoms with Gasteiger partial charge in [-0.05, 0) is 11.8 Å². The zero-order chi connectivity index (χ0) is 10.7. The van der Waals surface area contributed by atoms with Crippen LogP contribution in [0, 0.1) is 5.41 Å². The first-order valence-electron chi connectivity index (χ1n) is 4.00. The van der Waals surface area contributed by atoms with Gasteiger partial charge >= 0.3 is 0 Å². The van der Waals surface area contributed by atoms with Crippen molar-refractivity contribution in [2.75, 3.05) is 0 Å². The van der Waals surface area contributed by atoms with Crippen molar-refractivity contribution in [2.45, 2.75) is 10.2 Å². The number of hydrogen-bond donors (Lipinski definition) is 2. The van der Waals surface area contributed by atoms with Crippen molar-refractivity contribution in [3.63, 3.8) is 0 Å². The van der Waals surface area contributed by atoms with Crippen molar-refractivity contribution in [2.24, 2.45) is 5.73 Å². The predicted octanol–water partition coefficient (Wildman–Crippen LogP) is 0.900. The standard InChI is InChI=1S/C8H7N5OS/c9-6(10)5-7(12-2-1-11-5)15-8-13-3-4-14-8/h1-4H,(H3,9,10). The molecule has 15 heavy (non-hydrogen) atoms. The van der Waals surface area contributed by atoms with Crippen LogP contribution in [0.5, 0.6) is 0 Å². The van der Waals surface area contributed by atoms with Gasteiger partial charge in [-0.15, -0.1) is 0 Å². The number of rotatable bonds is 3. The Hall–Kier alpha value is -1.89. The molecule has 2 rings (SSSR count). The van der Waals surface area contributed by atoms with Crippen LogP contribution in [-0.4, -0.2) is 20.8 Å². The van der Waals surface area contributed by atoms with Crippen LogP contribution < -0.4 is 5.73 Å². The van der Waals surface area contributed by atoms with E-state index in [0.29, 0.717) is 15.9 Å². The summed E-state index contributed by atoms with van der Waals surface area (Å²) in [5, 5.41) is 8.27. The number of nitrogens with two attached hydrogens (primary N) is 1. The monoisotopic (exact) mass is 221 g/mol. The van der Waals surface area contributed by atoms with Gasteiger partial charge in [0.2, 0.25) is 0 Å². The summed E-state index contributed by atoms with van der Waals surface area (Å²) >= 11 is 1.18. The molecule has 0 aromatic carbocycles. The van der Waals surface area contributed by atoms with Crippen molar-refractivity contribution in [3.8, 4) is 0 Å². The van der Waals surface area contributed by atoms with Gasteiger partial charge < -0.3 is 10.2 Å². The molecule has 76 valence electrons. The van der Waals surface area contributed by atoms with Gasteiger partial charge in [0.15, 0.2) is 0 Å². The van der Waals surface area contributed by atoms with E-state index < -0.39 is 0 Å². The Bertz CT molecular complexity index is 470. The molecule has 0 bridgehead atoms. The number of nitrogens with zero attached hydrogens (tertiary/aromatic N) is 3. The molecule has 0 aliphatic heterocycles. The minimum atomic E-state index is -0.128. The van der Waals surface area contributed by atoms with Gasteiger partial charge in [0.1, 0.15) is 22.8 Å². The topological polar surface area (TPSA) is 102 Å². The van der Waals surface area contributed by atoms with Gasteiger partial charge in [-0.2, -0.15) is 0 Å². The third-order valence-corrected chi connectivity index (χ3v) is 2.38. The molecule has 0 fully saturated rings. The summed E-state index contributed by atoms with van der Waals surface area (Å²) in [5.74, 6) is -0.128. The first-order chi connectivity index (χ1) is 7.27. The Morgan fingerprint density at radius 2 is 2.07 bits per heavy atom. The summed E-state index contributed by atoms with van der Waals surface area (Å²) in [6, 6.07) is 0. The molecular formula is C8H7N5OS. The second kappa shape index (κ2) is 4.09. The molecule has 6 nitrogen and oxygen atoms in total. The van der Waals surface area contributed by atoms with Crippen LogP contribution in [0.4, 0.5) is 0 Å². The fourth-order valence-corrected chi connectivity index (χ4v) is 1.68. The molecule has 3 N–H and O–H groups in total. The number of nitrogens with one attached hydrogen (secondary N) is 1. The molecule has 0 spiro atoms. The molecule has 0 saturated carbocycles. The van der Waals surface area contributed by atoms with E-state index >= 15 is 0 Å². The fraction of sp³-hybridized carbons (Fsp3) is 0. The number of amidine groups is 1. The smallest absolute Gasteiger partial charge is 0.262 e. The van der Waals surface area contributed by atoms with Crippen LogP contribution >= 0.6 is 11.8 Å². The van der Waals surface area contributed by atoms with E-state index in [2.05, 4.69) is 15.0 Å². The van der Waals surface area contributed by atoms with Gasteiger partial charge in [-0.3, -0.25) is 5.41 Å². The van der Waals surface area contributed by atoms with Crippen LogP contribution in [0.1, 0.15) is 5.69 Å². The van der Waals surface area contributed by atoms with Crippen LogP contribution in [0.3, 0.4) is 0 Å². The van der Waals surface area contributed by atoms with E-state index in [9.17, 15) is 0 Å². The first-order valence-corrected chi connectivity index (χ1v) is 4.82. The Morgan fingerprint density at radius 3 is 2.73 bits per heavy atom. The molecule has 2 aromatic rings. The molecule has 2 heterocycles. The SMILES string of the molecule is N=C(N)c1nccnc1Sc1ncco1. The molecule has 2 aromatic heterocycles. The van der Waals surface area contributed by atoms with E-state index in [4.69, 9.17) is 15.6 Å². The lowest BCUT2D eigenvalue weighted by atomic mass is 10.4. The van der Waals surface area contributed by atoms with Gasteiger partial charge in [0.25, 0.3) is 5.22 Å². The summed E-state index contributed by atoms with van der Waals surface area (Å²) in [5.41, 5.74) is 5.69. The summed E-state index contributed by atoms with van der Waals surface area (Å²) in [7, 11) is 0. The van der Waals surface area contributed by atoms with Crippen LogP contribution in [-0.2, 0) is 0 Å². The number of nitrogen functional groups attached to an aromatic ring is 1. The first kappa shape index (κ1) is 9.66. The summed E-state index contributed by atoms with van der Waals surface area (Å²) in [4.78, 5) is 11.9. The van der Waals surface area contributed by atoms with Crippen molar-refractivity contribution >= 4 is 17.6 Å². The molecule has 0 unspecified atom stereocenters. The van der Waals surface area contributed by atoms with Crippen LogP contribution in [0.15, 0.2) is 39.5 Å². The van der Waals surface area contributed by atoms with E-state index in [0.717, 1.165) is 0 Å². The maximum Gasteiger partial charge on any atom is 0.262 e. The third-order valence-electron chi connectivity index (χ3n) is 1.51. The van der Waals surface area contributed by atoms with Gasteiger partial charge in [0, 0.05) is 12.4 Å². The molecule has 0 radical (unpaired) electrons. The van der Waals surface area contributed by atoms with E-state index in [1.54, 1.807) is 0 Å². The number of hydrogen-bond acceptors (Lipinski definition) is 6. The van der Waals surface area contributed by atoms with E-state index in [1.165, 1.54) is 36.6 Å². The quantitative estimate of drug-likeness (QED) is 0.589. The zero-order valence-corrected chi connectivity index (χ0v) is 8.36. The van der Waals surface area contributed by atoms with Crippen molar-refractivity contribution in [1.82, 2.24) is 15.0 Å². The maximum atomic E-state index is 7.32. The predicted molar refractivity (Wildman–Crippen MR) is 53.7 cm³/mol. The molecule has 0 aliphatic carbocycles. The lowest BCUT2D eigenvalue weighted by molar-refractivity contribution is 0.454. The second-order valence-electron chi connectivity index (χ2n) is 2.52. The van der Waals surface area contributed by atoms with Gasteiger partial charge in [0.05, 0.1) is 6.20 Å². The zero-order valence-electron chi connectivity index (χ0n) is 7.54. The Kier molecular flexibility index (Phi) is 2.64. The number of oxazole rings is 1. The molecule has 7 heteroatoms. The van der Waals surface area contributed by atoms with Crippen LogP contribution in [0.2, 0.25) is 0 Å². The molecular weight excluding hydrogens is 214 g/mol. The maximum absolute atomic E-state index is 7.32. The molecule has 0 saturated heterocycles. The fourth-order valence-electron chi connectivity index (χ4n) is 0.928. The summed E-state index contributed by atoms with van der Waals surface area (Å²) in [6.07, 6.45) is 6.01. The number of aromatic nitrogens is 3. The van der Waals surface area contributed by atoms with Crippen LogP contribution in [0.25, 0.3) is 0 Å². The highest BCUT2D eigenvalue weighted by atomic mass is 32.2. The third kappa shape index (κ3) is 2.13. The average Bonchev–Trinajstić information content (AvgIpc) is 2.71. The van der Waals surface area contributed by atoms with E-state index in [-0.39, 0.29) is 5.84 Å². The summed E-state index contributed by atoms with van der Waals surface area (Å²) < 4.78 is 5.04. The lowest BCUT2D eigenvalue weighted by Crippen LogP contribution is -2.14. The van der Waals surface area contributed by atoms with Crippen molar-refractivity contribution in [3.05, 3.63) is 30.5 Å². The minimum absolute atomic E-state index is 0.128. The Labute approximate surface area is 89.5 Å². The highest BCUT2D eigenvalue weighted by Crippen LogP contribution is 2.25.